The van der Waals surface area contributed by atoms with Gasteiger partial charge in [0.15, 0.2) is 0 Å². The highest BCUT2D eigenvalue weighted by Gasteiger charge is 2.19. The summed E-state index contributed by atoms with van der Waals surface area (Å²) in [4.78, 5) is 2.20. The lowest BCUT2D eigenvalue weighted by Gasteiger charge is -2.10. The number of rotatable bonds is 7. The Balaban J connectivity index is 1.70. The Bertz CT molecular complexity index is 104. The van der Waals surface area contributed by atoms with E-state index in [9.17, 15) is 0 Å². The third kappa shape index (κ3) is 5.52. The van der Waals surface area contributed by atoms with Gasteiger partial charge in [-0.05, 0) is 26.9 Å². The normalized spacial score (nSPS) is 17.2. The van der Waals surface area contributed by atoms with Crippen LogP contribution in [0.25, 0.3) is 0 Å². The van der Waals surface area contributed by atoms with E-state index in [2.05, 4.69) is 29.6 Å². The van der Waals surface area contributed by atoms with Crippen LogP contribution in [0.4, 0.5) is 0 Å². The molecule has 0 aromatic heterocycles. The maximum absolute atomic E-state index is 3.47. The molecule has 12 heavy (non-hydrogen) atoms. The summed E-state index contributed by atoms with van der Waals surface area (Å²) >= 11 is 0. The van der Waals surface area contributed by atoms with Crippen molar-refractivity contribution in [1.29, 1.82) is 0 Å². The molecule has 0 unspecified atom stereocenters. The standard InChI is InChI=1S/C9H21N3/c1-12(2)8-7-10-5-6-11-9-3-4-9/h9-11H,3-8H2,1-2H3. The van der Waals surface area contributed by atoms with E-state index >= 15 is 0 Å². The fourth-order valence-corrected chi connectivity index (χ4v) is 1.08. The van der Waals surface area contributed by atoms with Crippen molar-refractivity contribution in [2.24, 2.45) is 0 Å². The highest BCUT2D eigenvalue weighted by atomic mass is 15.1. The van der Waals surface area contributed by atoms with Crippen LogP contribution in [0.15, 0.2) is 0 Å². The molecule has 0 saturated heterocycles. The number of hydrogen-bond donors (Lipinski definition) is 2. The second kappa shape index (κ2) is 5.51. The first-order valence-electron chi connectivity index (χ1n) is 4.88. The van der Waals surface area contributed by atoms with Gasteiger partial charge < -0.3 is 15.5 Å². The molecule has 0 aromatic rings. The Morgan fingerprint density at radius 3 is 2.50 bits per heavy atom. The zero-order chi connectivity index (χ0) is 8.81. The molecular formula is C9H21N3. The van der Waals surface area contributed by atoms with Crippen LogP contribution in [0.3, 0.4) is 0 Å². The van der Waals surface area contributed by atoms with Crippen LogP contribution in [0.5, 0.6) is 0 Å². The predicted molar refractivity (Wildman–Crippen MR) is 52.4 cm³/mol. The van der Waals surface area contributed by atoms with Crippen LogP contribution < -0.4 is 10.6 Å². The molecule has 0 radical (unpaired) electrons. The van der Waals surface area contributed by atoms with Gasteiger partial charge in [-0.1, -0.05) is 0 Å². The monoisotopic (exact) mass is 171 g/mol. The summed E-state index contributed by atoms with van der Waals surface area (Å²) in [5, 5.41) is 6.86. The SMILES string of the molecule is CN(C)CCNCCNC1CC1. The van der Waals surface area contributed by atoms with Crippen LogP contribution in [0.1, 0.15) is 12.8 Å². The maximum Gasteiger partial charge on any atom is 0.0101 e. The molecule has 1 aliphatic rings. The fourth-order valence-electron chi connectivity index (χ4n) is 1.08. The van der Waals surface area contributed by atoms with E-state index in [-0.39, 0.29) is 0 Å². The molecule has 3 nitrogen and oxygen atoms in total. The second-order valence-electron chi connectivity index (χ2n) is 3.78. The topological polar surface area (TPSA) is 27.3 Å². The molecule has 1 fully saturated rings. The Hall–Kier alpha value is -0.120. The van der Waals surface area contributed by atoms with Crippen molar-refractivity contribution in [3.05, 3.63) is 0 Å². The minimum absolute atomic E-state index is 0.848. The van der Waals surface area contributed by atoms with Crippen LogP contribution in [-0.2, 0) is 0 Å². The van der Waals surface area contributed by atoms with Gasteiger partial charge in [-0.3, -0.25) is 0 Å². The average Bonchev–Trinajstić information content (AvgIpc) is 2.79. The van der Waals surface area contributed by atoms with E-state index in [1.54, 1.807) is 0 Å². The minimum Gasteiger partial charge on any atom is -0.314 e. The van der Waals surface area contributed by atoms with Gasteiger partial charge in [-0.25, -0.2) is 0 Å². The van der Waals surface area contributed by atoms with Crippen LogP contribution in [0.2, 0.25) is 0 Å². The zero-order valence-electron chi connectivity index (χ0n) is 8.27. The first-order chi connectivity index (χ1) is 5.79. The Labute approximate surface area is 75.5 Å². The van der Waals surface area contributed by atoms with Gasteiger partial charge in [0.25, 0.3) is 0 Å². The van der Waals surface area contributed by atoms with Gasteiger partial charge in [-0.15, -0.1) is 0 Å². The van der Waals surface area contributed by atoms with Gasteiger partial charge in [0.05, 0.1) is 0 Å². The molecule has 0 aliphatic heterocycles. The summed E-state index contributed by atoms with van der Waals surface area (Å²) in [7, 11) is 4.20. The van der Waals surface area contributed by atoms with E-state index in [0.717, 1.165) is 32.2 Å². The Kier molecular flexibility index (Phi) is 4.58. The molecule has 3 heteroatoms. The summed E-state index contributed by atoms with van der Waals surface area (Å²) < 4.78 is 0. The third-order valence-corrected chi connectivity index (χ3v) is 2.05. The molecule has 72 valence electrons. The average molecular weight is 171 g/mol. The molecular weight excluding hydrogens is 150 g/mol. The van der Waals surface area contributed by atoms with Gasteiger partial charge in [0.2, 0.25) is 0 Å². The minimum atomic E-state index is 0.848. The Morgan fingerprint density at radius 1 is 1.17 bits per heavy atom. The first-order valence-corrected chi connectivity index (χ1v) is 4.88. The molecule has 1 saturated carbocycles. The van der Waals surface area contributed by atoms with Gasteiger partial charge >= 0.3 is 0 Å². The lowest BCUT2D eigenvalue weighted by molar-refractivity contribution is 0.399. The van der Waals surface area contributed by atoms with Crippen molar-refractivity contribution >= 4 is 0 Å². The summed E-state index contributed by atoms with van der Waals surface area (Å²) in [5.41, 5.74) is 0. The lowest BCUT2D eigenvalue weighted by atomic mass is 10.5. The maximum atomic E-state index is 3.47. The highest BCUT2D eigenvalue weighted by Crippen LogP contribution is 2.17. The van der Waals surface area contributed by atoms with Crippen LogP contribution in [-0.4, -0.2) is 51.2 Å². The van der Waals surface area contributed by atoms with Crippen molar-refractivity contribution in [2.45, 2.75) is 18.9 Å². The molecule has 1 rings (SSSR count). The van der Waals surface area contributed by atoms with Crippen molar-refractivity contribution in [2.75, 3.05) is 40.3 Å². The van der Waals surface area contributed by atoms with Gasteiger partial charge in [0, 0.05) is 32.2 Å². The third-order valence-electron chi connectivity index (χ3n) is 2.05. The quantitative estimate of drug-likeness (QED) is 0.523. The fraction of sp³-hybridized carbons (Fsp3) is 1.00. The van der Waals surface area contributed by atoms with Crippen LogP contribution in [0, 0.1) is 0 Å². The predicted octanol–water partition coefficient (Wildman–Crippen LogP) is -0.110. The number of likely N-dealkylation sites (N-methyl/N-ethyl adjacent to an activating group) is 1. The van der Waals surface area contributed by atoms with Crippen molar-refractivity contribution in [3.63, 3.8) is 0 Å². The lowest BCUT2D eigenvalue weighted by Crippen LogP contribution is -2.32. The van der Waals surface area contributed by atoms with E-state index in [1.807, 2.05) is 0 Å². The highest BCUT2D eigenvalue weighted by molar-refractivity contribution is 4.80. The summed E-state index contributed by atoms with van der Waals surface area (Å²) in [6.45, 7) is 4.45. The molecule has 0 aromatic carbocycles. The number of nitrogens with one attached hydrogen (secondary N) is 2. The summed E-state index contributed by atoms with van der Waals surface area (Å²) in [6, 6.07) is 0.848. The smallest absolute Gasteiger partial charge is 0.0101 e. The van der Waals surface area contributed by atoms with Crippen molar-refractivity contribution in [1.82, 2.24) is 15.5 Å². The first kappa shape index (κ1) is 9.96. The summed E-state index contributed by atoms with van der Waals surface area (Å²) in [5.74, 6) is 0. The van der Waals surface area contributed by atoms with Crippen molar-refractivity contribution in [3.8, 4) is 0 Å². The van der Waals surface area contributed by atoms with E-state index in [1.165, 1.54) is 12.8 Å². The summed E-state index contributed by atoms with van der Waals surface area (Å²) in [6.07, 6.45) is 2.77. The zero-order valence-corrected chi connectivity index (χ0v) is 8.27. The molecule has 0 amide bonds. The van der Waals surface area contributed by atoms with Gasteiger partial charge in [0.1, 0.15) is 0 Å². The molecule has 0 spiro atoms. The van der Waals surface area contributed by atoms with Crippen LogP contribution >= 0.6 is 0 Å². The number of nitrogens with zero attached hydrogens (tertiary/aromatic N) is 1. The molecule has 2 N–H and O–H groups in total. The van der Waals surface area contributed by atoms with E-state index < -0.39 is 0 Å². The largest absolute Gasteiger partial charge is 0.314 e. The second-order valence-corrected chi connectivity index (χ2v) is 3.78. The van der Waals surface area contributed by atoms with E-state index in [4.69, 9.17) is 0 Å². The molecule has 0 heterocycles. The van der Waals surface area contributed by atoms with Crippen molar-refractivity contribution < 1.29 is 0 Å². The molecule has 0 bridgehead atoms. The van der Waals surface area contributed by atoms with E-state index in [0.29, 0.717) is 0 Å². The van der Waals surface area contributed by atoms with Gasteiger partial charge in [-0.2, -0.15) is 0 Å². The molecule has 1 aliphatic carbocycles. The Morgan fingerprint density at radius 2 is 1.92 bits per heavy atom. The molecule has 0 atom stereocenters. The number of hydrogen-bond acceptors (Lipinski definition) is 3.